The smallest absolute Gasteiger partial charge is 0.475 e. The Morgan fingerprint density at radius 3 is 1.96 bits per heavy atom. The fourth-order valence-corrected chi connectivity index (χ4v) is 4.94. The minimum atomic E-state index is -5.08. The van der Waals surface area contributed by atoms with Crippen molar-refractivity contribution >= 4 is 23.8 Å². The minimum absolute atomic E-state index is 0.0392. The second-order valence-corrected chi connectivity index (χ2v) is 10.9. The predicted molar refractivity (Wildman–Crippen MR) is 149 cm³/mol. The lowest BCUT2D eigenvalue weighted by atomic mass is 9.72. The zero-order valence-electron chi connectivity index (χ0n) is 24.9. The van der Waals surface area contributed by atoms with E-state index in [-0.39, 0.29) is 17.4 Å². The molecule has 0 saturated carbocycles. The average molecular weight is 660 g/mol. The largest absolute Gasteiger partial charge is 0.490 e. The number of carbonyl (C=O) groups excluding carboxylic acids is 1. The van der Waals surface area contributed by atoms with Gasteiger partial charge in [0.05, 0.1) is 11.3 Å². The molecular weight excluding hydrogens is 628 g/mol. The van der Waals surface area contributed by atoms with Crippen molar-refractivity contribution in [1.82, 2.24) is 29.6 Å². The summed E-state index contributed by atoms with van der Waals surface area (Å²) in [6, 6.07) is 4.04. The van der Waals surface area contributed by atoms with Gasteiger partial charge in [-0.25, -0.2) is 19.6 Å². The first kappa shape index (κ1) is 35.7. The van der Waals surface area contributed by atoms with Crippen LogP contribution in [-0.4, -0.2) is 89.7 Å². The summed E-state index contributed by atoms with van der Waals surface area (Å²) >= 11 is 0. The molecule has 2 aliphatic rings. The summed E-state index contributed by atoms with van der Waals surface area (Å²) in [5, 5.41) is 19.3. The number of hydrogen-bond acceptors (Lipinski definition) is 8. The molecule has 18 heteroatoms. The van der Waals surface area contributed by atoms with Gasteiger partial charge in [0.1, 0.15) is 0 Å². The van der Waals surface area contributed by atoms with Crippen LogP contribution >= 0.6 is 0 Å². The predicted octanol–water partition coefficient (Wildman–Crippen LogP) is 4.42. The molecule has 250 valence electrons. The van der Waals surface area contributed by atoms with Gasteiger partial charge in [-0.2, -0.15) is 31.4 Å². The molecule has 0 bridgehead atoms. The van der Waals surface area contributed by atoms with Gasteiger partial charge in [-0.15, -0.1) is 0 Å². The summed E-state index contributed by atoms with van der Waals surface area (Å²) in [5.74, 6) is -4.71. The molecule has 2 N–H and O–H groups in total. The molecule has 5 rings (SSSR count). The van der Waals surface area contributed by atoms with Crippen molar-refractivity contribution in [2.24, 2.45) is 0 Å². The molecule has 1 saturated heterocycles. The summed E-state index contributed by atoms with van der Waals surface area (Å²) in [5.41, 5.74) is 3.79. The SMILES string of the molecule is Cc1cncc(C(=O)N2Cc3cn(C(C)C)nc3C3(CCN(c4ncccn4)CC3)C2)c1.O=C(O)C(F)(F)F.O=C(O)C(F)(F)F. The van der Waals surface area contributed by atoms with Crippen LogP contribution in [0.3, 0.4) is 0 Å². The number of nitrogens with zero attached hydrogens (tertiary/aromatic N) is 7. The monoisotopic (exact) mass is 659 g/mol. The number of aliphatic carboxylic acids is 2. The number of amides is 1. The second-order valence-electron chi connectivity index (χ2n) is 10.9. The van der Waals surface area contributed by atoms with Crippen molar-refractivity contribution in [1.29, 1.82) is 0 Å². The summed E-state index contributed by atoms with van der Waals surface area (Å²) in [6.45, 7) is 9.18. The van der Waals surface area contributed by atoms with E-state index in [0.717, 1.165) is 48.7 Å². The standard InChI is InChI=1S/C24H29N7O.2C2HF3O2/c1-17(2)31-15-20-14-30(22(32)19-11-18(3)12-25-13-19)16-24(21(20)28-31)5-9-29(10-6-24)23-26-7-4-8-27-23;2*3-2(4,5)1(6)7/h4,7-8,11-13,15,17H,5-6,9-10,14,16H2,1-3H3;2*(H,6,7). The highest BCUT2D eigenvalue weighted by molar-refractivity contribution is 5.94. The molecule has 46 heavy (non-hydrogen) atoms. The molecule has 0 radical (unpaired) electrons. The lowest BCUT2D eigenvalue weighted by Gasteiger charge is -2.46. The first-order valence-electron chi connectivity index (χ1n) is 13.8. The first-order valence-corrected chi connectivity index (χ1v) is 13.8. The highest BCUT2D eigenvalue weighted by Crippen LogP contribution is 2.42. The van der Waals surface area contributed by atoms with Crippen LogP contribution in [0.1, 0.15) is 59.9 Å². The molecule has 0 aliphatic carbocycles. The number of carboxylic acids is 2. The molecule has 1 spiro atoms. The van der Waals surface area contributed by atoms with Crippen LogP contribution in [0.5, 0.6) is 0 Å². The molecule has 5 heterocycles. The number of aromatic nitrogens is 5. The molecule has 1 fully saturated rings. The number of aryl methyl sites for hydroxylation is 1. The van der Waals surface area contributed by atoms with Crippen molar-refractivity contribution in [3.63, 3.8) is 0 Å². The maximum Gasteiger partial charge on any atom is 0.490 e. The van der Waals surface area contributed by atoms with Crippen LogP contribution in [0.4, 0.5) is 32.3 Å². The number of hydrogen-bond donors (Lipinski definition) is 2. The van der Waals surface area contributed by atoms with Crippen molar-refractivity contribution in [2.75, 3.05) is 24.5 Å². The Morgan fingerprint density at radius 2 is 1.48 bits per heavy atom. The van der Waals surface area contributed by atoms with Crippen molar-refractivity contribution in [3.8, 4) is 0 Å². The number of halogens is 6. The van der Waals surface area contributed by atoms with E-state index in [1.54, 1.807) is 24.8 Å². The van der Waals surface area contributed by atoms with Gasteiger partial charge in [0.2, 0.25) is 5.95 Å². The van der Waals surface area contributed by atoms with Gasteiger partial charge in [0.25, 0.3) is 5.91 Å². The number of rotatable bonds is 3. The number of pyridine rings is 1. The van der Waals surface area contributed by atoms with Crippen molar-refractivity contribution < 1.29 is 50.9 Å². The number of carboxylic acid groups (broad SMARTS) is 2. The average Bonchev–Trinajstić information content (AvgIpc) is 3.43. The molecule has 12 nitrogen and oxygen atoms in total. The van der Waals surface area contributed by atoms with Gasteiger partial charge in [-0.3, -0.25) is 14.5 Å². The van der Waals surface area contributed by atoms with E-state index < -0.39 is 24.3 Å². The Balaban J connectivity index is 0.000000345. The Hall–Kier alpha value is -4.77. The van der Waals surface area contributed by atoms with E-state index in [4.69, 9.17) is 24.9 Å². The fourth-order valence-electron chi connectivity index (χ4n) is 4.94. The Labute approximate surface area is 258 Å². The van der Waals surface area contributed by atoms with Gasteiger partial charge in [0, 0.05) is 74.2 Å². The van der Waals surface area contributed by atoms with Crippen LogP contribution in [0.15, 0.2) is 43.1 Å². The maximum absolute atomic E-state index is 13.4. The summed E-state index contributed by atoms with van der Waals surface area (Å²) in [4.78, 5) is 48.5. The maximum atomic E-state index is 13.4. The van der Waals surface area contributed by atoms with Crippen LogP contribution in [0.25, 0.3) is 0 Å². The van der Waals surface area contributed by atoms with Gasteiger partial charge in [-0.1, -0.05) is 0 Å². The normalized spacial score (nSPS) is 15.7. The number of anilines is 1. The van der Waals surface area contributed by atoms with Gasteiger partial charge >= 0.3 is 24.3 Å². The van der Waals surface area contributed by atoms with Crippen LogP contribution < -0.4 is 4.90 Å². The van der Waals surface area contributed by atoms with E-state index in [0.29, 0.717) is 18.7 Å². The molecule has 2 aliphatic heterocycles. The summed E-state index contributed by atoms with van der Waals surface area (Å²) in [6.07, 6.45) is 0.790. The van der Waals surface area contributed by atoms with Crippen molar-refractivity contribution in [2.45, 2.75) is 64.0 Å². The van der Waals surface area contributed by atoms with Crippen LogP contribution in [0, 0.1) is 6.92 Å². The van der Waals surface area contributed by atoms with Crippen molar-refractivity contribution in [3.05, 3.63) is 65.5 Å². The lowest BCUT2D eigenvalue weighted by Crippen LogP contribution is -2.53. The zero-order valence-corrected chi connectivity index (χ0v) is 24.9. The molecular formula is C28H31F6N7O5. The van der Waals surface area contributed by atoms with E-state index >= 15 is 0 Å². The number of fused-ring (bicyclic) bond motifs is 2. The van der Waals surface area contributed by atoms with Gasteiger partial charge in [-0.05, 0) is 51.3 Å². The quantitative estimate of drug-likeness (QED) is 0.386. The van der Waals surface area contributed by atoms with E-state index in [2.05, 4.69) is 39.9 Å². The number of alkyl halides is 6. The Morgan fingerprint density at radius 1 is 0.935 bits per heavy atom. The topological polar surface area (TPSA) is 155 Å². The van der Waals surface area contributed by atoms with E-state index in [9.17, 15) is 31.1 Å². The van der Waals surface area contributed by atoms with Crippen LogP contribution in [-0.2, 0) is 21.5 Å². The second kappa shape index (κ2) is 14.1. The number of piperidine rings is 1. The molecule has 3 aromatic rings. The Bertz CT molecular complexity index is 1500. The van der Waals surface area contributed by atoms with Gasteiger partial charge < -0.3 is 20.0 Å². The summed E-state index contributed by atoms with van der Waals surface area (Å²) in [7, 11) is 0. The fraction of sp³-hybridized carbons (Fsp3) is 0.464. The third kappa shape index (κ3) is 8.91. The van der Waals surface area contributed by atoms with Crippen LogP contribution in [0.2, 0.25) is 0 Å². The Kier molecular flexibility index (Phi) is 11.0. The minimum Gasteiger partial charge on any atom is -0.475 e. The molecule has 1 amide bonds. The lowest BCUT2D eigenvalue weighted by molar-refractivity contribution is -0.193. The number of carbonyl (C=O) groups is 3. The highest BCUT2D eigenvalue weighted by atomic mass is 19.4. The zero-order chi connectivity index (χ0) is 34.4. The summed E-state index contributed by atoms with van der Waals surface area (Å²) < 4.78 is 65.5. The first-order chi connectivity index (χ1) is 21.3. The van der Waals surface area contributed by atoms with E-state index in [1.165, 1.54) is 0 Å². The third-order valence-corrected chi connectivity index (χ3v) is 7.14. The highest BCUT2D eigenvalue weighted by Gasteiger charge is 2.46. The molecule has 3 aromatic heterocycles. The van der Waals surface area contributed by atoms with E-state index in [1.807, 2.05) is 28.6 Å². The third-order valence-electron chi connectivity index (χ3n) is 7.14. The molecule has 0 aromatic carbocycles. The molecule has 0 unspecified atom stereocenters. The van der Waals surface area contributed by atoms with Gasteiger partial charge in [0.15, 0.2) is 0 Å². The molecule has 0 atom stereocenters.